The third kappa shape index (κ3) is 1.63. The number of aromatic nitrogens is 1. The number of hydrogen-bond donors (Lipinski definition) is 2. The van der Waals surface area contributed by atoms with Gasteiger partial charge >= 0.3 is 5.97 Å². The van der Waals surface area contributed by atoms with Gasteiger partial charge < -0.3 is 14.8 Å². The van der Waals surface area contributed by atoms with E-state index in [4.69, 9.17) is 10.2 Å². The number of hydrogen-bond acceptors (Lipinski definition) is 3. The molecule has 0 atom stereocenters. The number of pyridine rings is 1. The molecule has 0 aliphatic rings. The number of nitrogens with zero attached hydrogens (tertiary/aromatic N) is 1. The van der Waals surface area contributed by atoms with E-state index >= 15 is 0 Å². The molecule has 64 valence electrons. The lowest BCUT2D eigenvalue weighted by atomic mass is 10.4. The van der Waals surface area contributed by atoms with E-state index in [1.807, 2.05) is 0 Å². The minimum atomic E-state index is -1.12. The summed E-state index contributed by atoms with van der Waals surface area (Å²) < 4.78 is 0.914. The van der Waals surface area contributed by atoms with Crippen molar-refractivity contribution < 1.29 is 15.0 Å². The lowest BCUT2D eigenvalue weighted by Gasteiger charge is -2.00. The van der Waals surface area contributed by atoms with Crippen LogP contribution in [-0.4, -0.2) is 20.7 Å². The fraction of sp³-hybridized carbons (Fsp3) is 0.143. The zero-order valence-electron chi connectivity index (χ0n) is 6.10. The first-order valence-corrected chi connectivity index (χ1v) is 3.21. The maximum atomic E-state index is 11.0. The monoisotopic (exact) mass is 169 g/mol. The van der Waals surface area contributed by atoms with Crippen molar-refractivity contribution in [2.45, 2.75) is 6.54 Å². The third-order valence-corrected chi connectivity index (χ3v) is 1.31. The molecule has 0 aliphatic heterocycles. The summed E-state index contributed by atoms with van der Waals surface area (Å²) in [6, 6.07) is 2.61. The van der Waals surface area contributed by atoms with Crippen LogP contribution in [0.1, 0.15) is 0 Å². The first kappa shape index (κ1) is 8.32. The summed E-state index contributed by atoms with van der Waals surface area (Å²) in [5, 5.41) is 17.2. The first-order chi connectivity index (χ1) is 5.61. The number of rotatable bonds is 2. The van der Waals surface area contributed by atoms with E-state index in [0.717, 1.165) is 4.57 Å². The summed E-state index contributed by atoms with van der Waals surface area (Å²) in [5.41, 5.74) is -0.695. The maximum absolute atomic E-state index is 11.0. The molecule has 0 aromatic carbocycles. The van der Waals surface area contributed by atoms with Gasteiger partial charge in [-0.25, -0.2) is 0 Å². The Morgan fingerprint density at radius 3 is 2.83 bits per heavy atom. The average Bonchev–Trinajstić information content (AvgIpc) is 1.98. The predicted molar refractivity (Wildman–Crippen MR) is 40.0 cm³/mol. The molecule has 1 rings (SSSR count). The SMILES string of the molecule is O=C(O)Cn1cccc(O)c1=O. The van der Waals surface area contributed by atoms with Gasteiger partial charge in [0.15, 0.2) is 5.75 Å². The lowest BCUT2D eigenvalue weighted by Crippen LogP contribution is -2.22. The van der Waals surface area contributed by atoms with Crippen molar-refractivity contribution in [2.24, 2.45) is 0 Å². The Labute approximate surface area is 67.5 Å². The lowest BCUT2D eigenvalue weighted by molar-refractivity contribution is -0.137. The molecule has 0 saturated heterocycles. The van der Waals surface area contributed by atoms with Crippen molar-refractivity contribution in [1.82, 2.24) is 4.57 Å². The predicted octanol–water partition coefficient (Wildman–Crippen LogP) is -0.361. The van der Waals surface area contributed by atoms with Gasteiger partial charge in [-0.15, -0.1) is 0 Å². The summed E-state index contributed by atoms with van der Waals surface area (Å²) in [6.45, 7) is -0.437. The van der Waals surface area contributed by atoms with Crippen molar-refractivity contribution in [2.75, 3.05) is 0 Å². The zero-order valence-corrected chi connectivity index (χ0v) is 6.10. The number of aliphatic carboxylic acids is 1. The molecule has 1 aromatic heterocycles. The Bertz CT molecular complexity index is 355. The first-order valence-electron chi connectivity index (χ1n) is 3.21. The van der Waals surface area contributed by atoms with Crippen LogP contribution in [0.15, 0.2) is 23.1 Å². The molecule has 0 unspecified atom stereocenters. The molecular formula is C7H7NO4. The van der Waals surface area contributed by atoms with Crippen molar-refractivity contribution in [3.05, 3.63) is 28.7 Å². The number of carboxylic acid groups (broad SMARTS) is 1. The highest BCUT2D eigenvalue weighted by molar-refractivity contribution is 5.66. The van der Waals surface area contributed by atoms with E-state index < -0.39 is 23.8 Å². The second kappa shape index (κ2) is 3.08. The summed E-state index contributed by atoms with van der Waals surface area (Å²) in [5.74, 6) is -1.57. The maximum Gasteiger partial charge on any atom is 0.323 e. The van der Waals surface area contributed by atoms with Gasteiger partial charge in [0.1, 0.15) is 6.54 Å². The van der Waals surface area contributed by atoms with Gasteiger partial charge in [-0.2, -0.15) is 0 Å². The number of carboxylic acids is 1. The number of carbonyl (C=O) groups is 1. The topological polar surface area (TPSA) is 79.5 Å². The van der Waals surface area contributed by atoms with Gasteiger partial charge in [0.05, 0.1) is 0 Å². The fourth-order valence-corrected chi connectivity index (χ4v) is 0.794. The second-order valence-electron chi connectivity index (χ2n) is 2.22. The van der Waals surface area contributed by atoms with Crippen LogP contribution in [0.3, 0.4) is 0 Å². The molecule has 0 saturated carbocycles. The van der Waals surface area contributed by atoms with E-state index in [9.17, 15) is 9.59 Å². The smallest absolute Gasteiger partial charge is 0.323 e. The molecule has 5 heteroatoms. The molecule has 0 aliphatic carbocycles. The van der Waals surface area contributed by atoms with Crippen LogP contribution < -0.4 is 5.56 Å². The van der Waals surface area contributed by atoms with Gasteiger partial charge in [-0.1, -0.05) is 0 Å². The normalized spacial score (nSPS) is 9.67. The van der Waals surface area contributed by atoms with E-state index in [0.29, 0.717) is 0 Å². The van der Waals surface area contributed by atoms with Crippen molar-refractivity contribution in [3.8, 4) is 5.75 Å². The highest BCUT2D eigenvalue weighted by atomic mass is 16.4. The Kier molecular flexibility index (Phi) is 2.14. The van der Waals surface area contributed by atoms with Crippen LogP contribution in [0.4, 0.5) is 0 Å². The Morgan fingerprint density at radius 2 is 2.25 bits per heavy atom. The zero-order chi connectivity index (χ0) is 9.14. The van der Waals surface area contributed by atoms with Crippen LogP contribution in [0, 0.1) is 0 Å². The average molecular weight is 169 g/mol. The quantitative estimate of drug-likeness (QED) is 0.633. The molecule has 1 heterocycles. The second-order valence-corrected chi connectivity index (χ2v) is 2.22. The summed E-state index contributed by atoms with van der Waals surface area (Å²) in [4.78, 5) is 21.1. The largest absolute Gasteiger partial charge is 0.503 e. The molecule has 2 N–H and O–H groups in total. The molecule has 0 radical (unpaired) electrons. The Morgan fingerprint density at radius 1 is 1.58 bits per heavy atom. The minimum Gasteiger partial charge on any atom is -0.503 e. The van der Waals surface area contributed by atoms with Gasteiger partial charge in [0.25, 0.3) is 5.56 Å². The molecule has 5 nitrogen and oxygen atoms in total. The molecule has 0 fully saturated rings. The Hall–Kier alpha value is -1.78. The van der Waals surface area contributed by atoms with Gasteiger partial charge in [0.2, 0.25) is 0 Å². The summed E-state index contributed by atoms with van der Waals surface area (Å²) in [6.07, 6.45) is 1.30. The van der Waals surface area contributed by atoms with Crippen LogP contribution in [-0.2, 0) is 11.3 Å². The molecule has 0 amide bonds. The Balaban J connectivity index is 3.09. The molecular weight excluding hydrogens is 162 g/mol. The molecule has 12 heavy (non-hydrogen) atoms. The number of aromatic hydroxyl groups is 1. The summed E-state index contributed by atoms with van der Waals surface area (Å²) in [7, 11) is 0. The fourth-order valence-electron chi connectivity index (χ4n) is 0.794. The van der Waals surface area contributed by atoms with Crippen molar-refractivity contribution in [1.29, 1.82) is 0 Å². The van der Waals surface area contributed by atoms with Crippen LogP contribution in [0.2, 0.25) is 0 Å². The molecule has 1 aromatic rings. The highest BCUT2D eigenvalue weighted by Crippen LogP contribution is 1.96. The van der Waals surface area contributed by atoms with E-state index in [-0.39, 0.29) is 0 Å². The van der Waals surface area contributed by atoms with Crippen LogP contribution >= 0.6 is 0 Å². The minimum absolute atomic E-state index is 0.437. The van der Waals surface area contributed by atoms with E-state index in [2.05, 4.69) is 0 Å². The summed E-state index contributed by atoms with van der Waals surface area (Å²) >= 11 is 0. The molecule has 0 bridgehead atoms. The van der Waals surface area contributed by atoms with E-state index in [1.165, 1.54) is 18.3 Å². The molecule has 0 spiro atoms. The van der Waals surface area contributed by atoms with Gasteiger partial charge in [-0.3, -0.25) is 9.59 Å². The van der Waals surface area contributed by atoms with Gasteiger partial charge in [-0.05, 0) is 12.1 Å². The van der Waals surface area contributed by atoms with E-state index in [1.54, 1.807) is 0 Å². The van der Waals surface area contributed by atoms with Gasteiger partial charge in [0, 0.05) is 6.20 Å². The highest BCUT2D eigenvalue weighted by Gasteiger charge is 2.03. The van der Waals surface area contributed by atoms with Crippen LogP contribution in [0.25, 0.3) is 0 Å². The standard InChI is InChI=1S/C7H7NO4/c9-5-2-1-3-8(7(5)12)4-6(10)11/h1-3,9H,4H2,(H,10,11). The van der Waals surface area contributed by atoms with Crippen molar-refractivity contribution >= 4 is 5.97 Å². The third-order valence-electron chi connectivity index (χ3n) is 1.31. The van der Waals surface area contributed by atoms with Crippen LogP contribution in [0.5, 0.6) is 5.75 Å². The van der Waals surface area contributed by atoms with Crippen molar-refractivity contribution in [3.63, 3.8) is 0 Å².